The van der Waals surface area contributed by atoms with Gasteiger partial charge < -0.3 is 20.5 Å². The van der Waals surface area contributed by atoms with Crippen LogP contribution in [0.15, 0.2) is 48.5 Å². The summed E-state index contributed by atoms with van der Waals surface area (Å²) in [6.45, 7) is 0.138. The van der Waals surface area contributed by atoms with Gasteiger partial charge in [0.2, 0.25) is 5.91 Å². The maximum absolute atomic E-state index is 13.0. The number of carbonyl (C=O) groups is 3. The zero-order valence-corrected chi connectivity index (χ0v) is 19.7. The number of carboxylic acid groups (broad SMARTS) is 1. The predicted octanol–water partition coefficient (Wildman–Crippen LogP) is 4.45. The van der Waals surface area contributed by atoms with E-state index in [0.29, 0.717) is 11.8 Å². The Hall–Kier alpha value is -3.35. The molecule has 35 heavy (non-hydrogen) atoms. The molecule has 2 aromatic carbocycles. The van der Waals surface area contributed by atoms with Crippen LogP contribution in [0.2, 0.25) is 0 Å². The second-order valence-electron chi connectivity index (χ2n) is 10.0. The van der Waals surface area contributed by atoms with E-state index in [-0.39, 0.29) is 37.3 Å². The van der Waals surface area contributed by atoms with E-state index in [4.69, 9.17) is 9.84 Å². The number of rotatable bonds is 8. The molecule has 4 atom stereocenters. The molecule has 184 valence electrons. The quantitative estimate of drug-likeness (QED) is 0.522. The molecule has 7 nitrogen and oxygen atoms in total. The third kappa shape index (κ3) is 4.90. The minimum absolute atomic E-state index is 0.0200. The normalized spacial score (nSPS) is 23.1. The van der Waals surface area contributed by atoms with Gasteiger partial charge in [-0.15, -0.1) is 0 Å². The molecule has 7 heteroatoms. The van der Waals surface area contributed by atoms with Gasteiger partial charge in [0.05, 0.1) is 0 Å². The van der Waals surface area contributed by atoms with Crippen molar-refractivity contribution >= 4 is 18.0 Å². The van der Waals surface area contributed by atoms with E-state index < -0.39 is 18.1 Å². The summed E-state index contributed by atoms with van der Waals surface area (Å²) < 4.78 is 5.58. The molecule has 0 aliphatic heterocycles. The zero-order chi connectivity index (χ0) is 24.4. The first-order chi connectivity index (χ1) is 17.0. The lowest BCUT2D eigenvalue weighted by molar-refractivity contribution is -0.137. The topological polar surface area (TPSA) is 105 Å². The van der Waals surface area contributed by atoms with E-state index >= 15 is 0 Å². The van der Waals surface area contributed by atoms with Crippen molar-refractivity contribution in [3.05, 3.63) is 59.7 Å². The highest BCUT2D eigenvalue weighted by atomic mass is 16.5. The first kappa shape index (κ1) is 23.4. The Morgan fingerprint density at radius 1 is 0.971 bits per heavy atom. The van der Waals surface area contributed by atoms with Gasteiger partial charge >= 0.3 is 12.1 Å². The Morgan fingerprint density at radius 2 is 1.63 bits per heavy atom. The standard InChI is InChI=1S/C28H32N2O5/c31-26(32)14-13-24(27(33)29-25-15-17-7-1-2-8-18(17)25)30-28(34)35-16-23-21-11-5-3-9-19(21)20-10-4-6-12-22(20)23/h3-6,9-12,17-18,23-25H,1-2,7-8,13-16H2,(H,29,33)(H,30,34)(H,31,32)/t17-,18-,24?,25+/m1/s1. The third-order valence-electron chi connectivity index (χ3n) is 7.97. The highest BCUT2D eigenvalue weighted by molar-refractivity contribution is 5.86. The number of hydrogen-bond acceptors (Lipinski definition) is 4. The smallest absolute Gasteiger partial charge is 0.407 e. The van der Waals surface area contributed by atoms with Crippen LogP contribution in [0.3, 0.4) is 0 Å². The number of amides is 2. The molecule has 2 amide bonds. The lowest BCUT2D eigenvalue weighted by Gasteiger charge is -2.48. The van der Waals surface area contributed by atoms with Gasteiger partial charge in [-0.25, -0.2) is 4.79 Å². The van der Waals surface area contributed by atoms with Crippen LogP contribution >= 0.6 is 0 Å². The van der Waals surface area contributed by atoms with Gasteiger partial charge in [0.15, 0.2) is 0 Å². The van der Waals surface area contributed by atoms with Crippen LogP contribution in [0.25, 0.3) is 11.1 Å². The van der Waals surface area contributed by atoms with Crippen LogP contribution in [0.1, 0.15) is 62.0 Å². The molecular weight excluding hydrogens is 444 g/mol. The highest BCUT2D eigenvalue weighted by Gasteiger charge is 2.43. The summed E-state index contributed by atoms with van der Waals surface area (Å²) in [5.74, 6) is -0.233. The molecule has 2 saturated carbocycles. The molecule has 1 unspecified atom stereocenters. The molecular formula is C28H32N2O5. The largest absolute Gasteiger partial charge is 0.481 e. The van der Waals surface area contributed by atoms with Crippen LogP contribution in [0.5, 0.6) is 0 Å². The summed E-state index contributed by atoms with van der Waals surface area (Å²) in [6, 6.07) is 15.3. The maximum atomic E-state index is 13.0. The SMILES string of the molecule is O=C(O)CCC(NC(=O)OCC1c2ccccc2-c2ccccc21)C(=O)N[C@H]1C[C@H]2CCCC[C@H]21. The van der Waals surface area contributed by atoms with Gasteiger partial charge in [0.1, 0.15) is 12.6 Å². The minimum Gasteiger partial charge on any atom is -0.481 e. The predicted molar refractivity (Wildman–Crippen MR) is 131 cm³/mol. The number of hydrogen-bond donors (Lipinski definition) is 3. The molecule has 0 aromatic heterocycles. The summed E-state index contributed by atoms with van der Waals surface area (Å²) in [5, 5.41) is 14.8. The minimum atomic E-state index is -1.01. The summed E-state index contributed by atoms with van der Waals surface area (Å²) in [7, 11) is 0. The molecule has 3 aliphatic rings. The van der Waals surface area contributed by atoms with Crippen molar-refractivity contribution < 1.29 is 24.2 Å². The molecule has 5 rings (SSSR count). The number of ether oxygens (including phenoxy) is 1. The second-order valence-corrected chi connectivity index (χ2v) is 10.0. The summed E-state index contributed by atoms with van der Waals surface area (Å²) >= 11 is 0. The van der Waals surface area contributed by atoms with Crippen molar-refractivity contribution in [1.82, 2.24) is 10.6 Å². The first-order valence-electron chi connectivity index (χ1n) is 12.6. The van der Waals surface area contributed by atoms with Gasteiger partial charge in [-0.3, -0.25) is 9.59 Å². The van der Waals surface area contributed by atoms with E-state index in [1.165, 1.54) is 19.3 Å². The van der Waals surface area contributed by atoms with Gasteiger partial charge in [0, 0.05) is 18.4 Å². The van der Waals surface area contributed by atoms with Gasteiger partial charge in [-0.1, -0.05) is 67.8 Å². The molecule has 0 radical (unpaired) electrons. The van der Waals surface area contributed by atoms with E-state index in [2.05, 4.69) is 22.8 Å². The number of benzene rings is 2. The number of alkyl carbamates (subject to hydrolysis) is 1. The van der Waals surface area contributed by atoms with Crippen molar-refractivity contribution in [1.29, 1.82) is 0 Å². The van der Waals surface area contributed by atoms with Crippen LogP contribution in [-0.4, -0.2) is 41.8 Å². The van der Waals surface area contributed by atoms with Gasteiger partial charge in [0.25, 0.3) is 0 Å². The molecule has 0 saturated heterocycles. The monoisotopic (exact) mass is 476 g/mol. The van der Waals surface area contributed by atoms with Crippen molar-refractivity contribution in [2.45, 2.75) is 62.9 Å². The number of fused-ring (bicyclic) bond motifs is 4. The number of carboxylic acids is 1. The average molecular weight is 477 g/mol. The first-order valence-corrected chi connectivity index (χ1v) is 12.6. The molecule has 0 heterocycles. The fourth-order valence-electron chi connectivity index (χ4n) is 6.13. The van der Waals surface area contributed by atoms with E-state index in [1.54, 1.807) is 0 Å². The lowest BCUT2D eigenvalue weighted by Crippen LogP contribution is -2.57. The molecule has 0 spiro atoms. The highest BCUT2D eigenvalue weighted by Crippen LogP contribution is 2.45. The molecule has 3 N–H and O–H groups in total. The van der Waals surface area contributed by atoms with E-state index in [1.807, 2.05) is 36.4 Å². The van der Waals surface area contributed by atoms with Crippen molar-refractivity contribution in [2.24, 2.45) is 11.8 Å². The molecule has 2 aromatic rings. The molecule has 0 bridgehead atoms. The molecule has 2 fully saturated rings. The van der Waals surface area contributed by atoms with Crippen LogP contribution < -0.4 is 10.6 Å². The Morgan fingerprint density at radius 3 is 2.29 bits per heavy atom. The van der Waals surface area contributed by atoms with Gasteiger partial charge in [-0.05, 0) is 53.4 Å². The average Bonchev–Trinajstić information content (AvgIpc) is 3.17. The Labute approximate surface area is 205 Å². The number of carbonyl (C=O) groups excluding carboxylic acids is 2. The second kappa shape index (κ2) is 10.1. The Balaban J connectivity index is 1.21. The van der Waals surface area contributed by atoms with Crippen LogP contribution in [0.4, 0.5) is 4.79 Å². The van der Waals surface area contributed by atoms with E-state index in [0.717, 1.165) is 35.1 Å². The number of aliphatic carboxylic acids is 1. The van der Waals surface area contributed by atoms with E-state index in [9.17, 15) is 14.4 Å². The summed E-state index contributed by atoms with van der Waals surface area (Å²) in [6.07, 6.45) is 4.85. The van der Waals surface area contributed by atoms with Crippen LogP contribution in [0, 0.1) is 11.8 Å². The van der Waals surface area contributed by atoms with Gasteiger partial charge in [-0.2, -0.15) is 0 Å². The molecule has 3 aliphatic carbocycles. The van der Waals surface area contributed by atoms with Crippen molar-refractivity contribution in [3.8, 4) is 11.1 Å². The van der Waals surface area contributed by atoms with Crippen molar-refractivity contribution in [2.75, 3.05) is 6.61 Å². The number of nitrogens with one attached hydrogen (secondary N) is 2. The summed E-state index contributed by atoms with van der Waals surface area (Å²) in [4.78, 5) is 36.8. The van der Waals surface area contributed by atoms with Crippen molar-refractivity contribution in [3.63, 3.8) is 0 Å². The summed E-state index contributed by atoms with van der Waals surface area (Å²) in [5.41, 5.74) is 4.48. The lowest BCUT2D eigenvalue weighted by atomic mass is 9.62. The fourth-order valence-corrected chi connectivity index (χ4v) is 6.13. The third-order valence-corrected chi connectivity index (χ3v) is 7.97. The Kier molecular flexibility index (Phi) is 6.75. The van der Waals surface area contributed by atoms with Crippen LogP contribution in [-0.2, 0) is 14.3 Å². The maximum Gasteiger partial charge on any atom is 0.407 e. The fraction of sp³-hybridized carbons (Fsp3) is 0.464. The Bertz CT molecular complexity index is 1070. The zero-order valence-electron chi connectivity index (χ0n) is 19.7.